The molecule has 0 aliphatic carbocycles. The highest BCUT2D eigenvalue weighted by atomic mass is 32.2. The number of sulfonamides is 1. The van der Waals surface area contributed by atoms with Crippen molar-refractivity contribution in [1.82, 2.24) is 4.31 Å². The Morgan fingerprint density at radius 3 is 2.80 bits per heavy atom. The monoisotopic (exact) mass is 316 g/mol. The number of thiophene rings is 1. The van der Waals surface area contributed by atoms with Crippen LogP contribution in [0.4, 0.5) is 0 Å². The molecular weight excluding hydrogens is 292 g/mol. The van der Waals surface area contributed by atoms with Gasteiger partial charge in [0, 0.05) is 24.5 Å². The lowest BCUT2D eigenvalue weighted by Gasteiger charge is -2.21. The molecule has 0 radical (unpaired) electrons. The normalized spacial score (nSPS) is 21.9. The molecule has 2 heterocycles. The van der Waals surface area contributed by atoms with Crippen molar-refractivity contribution in [3.8, 4) is 0 Å². The molecule has 6 heteroatoms. The maximum Gasteiger partial charge on any atom is 0.244 e. The summed E-state index contributed by atoms with van der Waals surface area (Å²) in [5, 5.41) is 1.89. The Morgan fingerprint density at radius 2 is 2.15 bits per heavy atom. The molecule has 2 N–H and O–H groups in total. The molecule has 4 nitrogen and oxygen atoms in total. The van der Waals surface area contributed by atoms with Gasteiger partial charge in [-0.25, -0.2) is 8.42 Å². The first-order chi connectivity index (χ1) is 9.50. The standard InChI is InChI=1S/C14H24N2O2S2/c1-3-12-5-4-7-16(8-6-12)20(17,18)14-11(2)10-19-13(14)9-15/h10,12H,3-9,15H2,1-2H3. The van der Waals surface area contributed by atoms with Gasteiger partial charge in [-0.2, -0.15) is 4.31 Å². The van der Waals surface area contributed by atoms with Crippen molar-refractivity contribution in [1.29, 1.82) is 0 Å². The van der Waals surface area contributed by atoms with Gasteiger partial charge in [0.2, 0.25) is 10.0 Å². The van der Waals surface area contributed by atoms with Gasteiger partial charge in [0.05, 0.1) is 0 Å². The minimum Gasteiger partial charge on any atom is -0.326 e. The van der Waals surface area contributed by atoms with Crippen molar-refractivity contribution in [3.05, 3.63) is 15.8 Å². The Hall–Kier alpha value is -0.430. The van der Waals surface area contributed by atoms with Crippen LogP contribution in [0.2, 0.25) is 0 Å². The van der Waals surface area contributed by atoms with E-state index in [4.69, 9.17) is 5.73 Å². The molecule has 1 aromatic heterocycles. The zero-order chi connectivity index (χ0) is 14.8. The van der Waals surface area contributed by atoms with Gasteiger partial charge in [-0.3, -0.25) is 0 Å². The van der Waals surface area contributed by atoms with E-state index in [2.05, 4.69) is 6.92 Å². The van der Waals surface area contributed by atoms with E-state index in [0.29, 0.717) is 30.4 Å². The summed E-state index contributed by atoms with van der Waals surface area (Å²) >= 11 is 1.45. The zero-order valence-corrected chi connectivity index (χ0v) is 13.9. The third-order valence-electron chi connectivity index (χ3n) is 4.16. The molecule has 1 unspecified atom stereocenters. The Balaban J connectivity index is 2.28. The molecule has 1 saturated heterocycles. The van der Waals surface area contributed by atoms with Crippen LogP contribution in [0, 0.1) is 12.8 Å². The fourth-order valence-electron chi connectivity index (χ4n) is 2.89. The number of hydrogen-bond acceptors (Lipinski definition) is 4. The van der Waals surface area contributed by atoms with E-state index in [1.165, 1.54) is 11.3 Å². The topological polar surface area (TPSA) is 63.4 Å². The SMILES string of the molecule is CCC1CCCN(S(=O)(=O)c2c(C)csc2CN)CC1. The van der Waals surface area contributed by atoms with E-state index >= 15 is 0 Å². The van der Waals surface area contributed by atoms with Gasteiger partial charge in [-0.1, -0.05) is 13.3 Å². The van der Waals surface area contributed by atoms with E-state index in [1.807, 2.05) is 12.3 Å². The minimum absolute atomic E-state index is 0.290. The number of rotatable bonds is 4. The highest BCUT2D eigenvalue weighted by molar-refractivity contribution is 7.89. The van der Waals surface area contributed by atoms with Crippen LogP contribution in [-0.2, 0) is 16.6 Å². The second-order valence-electron chi connectivity index (χ2n) is 5.48. The Labute approximate surface area is 126 Å². The largest absolute Gasteiger partial charge is 0.326 e. The van der Waals surface area contributed by atoms with Gasteiger partial charge >= 0.3 is 0 Å². The van der Waals surface area contributed by atoms with Gasteiger partial charge < -0.3 is 5.73 Å². The molecule has 0 bridgehead atoms. The molecule has 114 valence electrons. The Morgan fingerprint density at radius 1 is 1.40 bits per heavy atom. The lowest BCUT2D eigenvalue weighted by atomic mass is 9.98. The average Bonchev–Trinajstić information content (AvgIpc) is 2.65. The predicted molar refractivity (Wildman–Crippen MR) is 83.3 cm³/mol. The van der Waals surface area contributed by atoms with Crippen LogP contribution in [0.3, 0.4) is 0 Å². The van der Waals surface area contributed by atoms with Crippen LogP contribution < -0.4 is 5.73 Å². The molecule has 1 aromatic rings. The predicted octanol–water partition coefficient (Wildman–Crippen LogP) is 2.72. The number of aryl methyl sites for hydroxylation is 1. The fourth-order valence-corrected chi connectivity index (χ4v) is 6.04. The van der Waals surface area contributed by atoms with Crippen molar-refractivity contribution in [2.75, 3.05) is 13.1 Å². The van der Waals surface area contributed by atoms with Gasteiger partial charge in [0.25, 0.3) is 0 Å². The van der Waals surface area contributed by atoms with Crippen molar-refractivity contribution in [2.24, 2.45) is 11.7 Å². The molecule has 1 fully saturated rings. The molecule has 0 aromatic carbocycles. The molecular formula is C14H24N2O2S2. The fraction of sp³-hybridized carbons (Fsp3) is 0.714. The second-order valence-corrected chi connectivity index (χ2v) is 8.32. The Bertz CT molecular complexity index is 552. The highest BCUT2D eigenvalue weighted by Crippen LogP contribution is 2.31. The lowest BCUT2D eigenvalue weighted by Crippen LogP contribution is -2.33. The van der Waals surface area contributed by atoms with Crippen LogP contribution in [0.5, 0.6) is 0 Å². The third-order valence-corrected chi connectivity index (χ3v) is 7.54. The van der Waals surface area contributed by atoms with Crippen LogP contribution in [-0.4, -0.2) is 25.8 Å². The third kappa shape index (κ3) is 3.08. The van der Waals surface area contributed by atoms with E-state index in [9.17, 15) is 8.42 Å². The zero-order valence-electron chi connectivity index (χ0n) is 12.3. The maximum atomic E-state index is 12.9. The van der Waals surface area contributed by atoms with Gasteiger partial charge in [0.15, 0.2) is 0 Å². The van der Waals surface area contributed by atoms with E-state index in [0.717, 1.165) is 36.1 Å². The number of nitrogens with two attached hydrogens (primary N) is 1. The molecule has 0 spiro atoms. The van der Waals surface area contributed by atoms with Crippen LogP contribution in [0.25, 0.3) is 0 Å². The first kappa shape index (κ1) is 15.9. The highest BCUT2D eigenvalue weighted by Gasteiger charge is 2.31. The maximum absolute atomic E-state index is 12.9. The van der Waals surface area contributed by atoms with E-state index in [1.54, 1.807) is 4.31 Å². The molecule has 2 rings (SSSR count). The first-order valence-corrected chi connectivity index (χ1v) is 9.59. The van der Waals surface area contributed by atoms with Gasteiger partial charge in [-0.05, 0) is 43.0 Å². The van der Waals surface area contributed by atoms with Crippen molar-refractivity contribution in [3.63, 3.8) is 0 Å². The summed E-state index contributed by atoms with van der Waals surface area (Å²) in [7, 11) is -3.38. The molecule has 1 aliphatic heterocycles. The average molecular weight is 316 g/mol. The minimum atomic E-state index is -3.38. The number of hydrogen-bond donors (Lipinski definition) is 1. The summed E-state index contributed by atoms with van der Waals surface area (Å²) in [6.07, 6.45) is 4.20. The summed E-state index contributed by atoms with van der Waals surface area (Å²) < 4.78 is 27.4. The van der Waals surface area contributed by atoms with Crippen molar-refractivity contribution in [2.45, 2.75) is 51.0 Å². The summed E-state index contributed by atoms with van der Waals surface area (Å²) in [5.41, 5.74) is 6.52. The van der Waals surface area contributed by atoms with Gasteiger partial charge in [-0.15, -0.1) is 11.3 Å². The molecule has 0 amide bonds. The first-order valence-electron chi connectivity index (χ1n) is 7.27. The number of nitrogens with zero attached hydrogens (tertiary/aromatic N) is 1. The molecule has 1 atom stereocenters. The summed E-state index contributed by atoms with van der Waals surface area (Å²) in [4.78, 5) is 1.23. The quantitative estimate of drug-likeness (QED) is 0.929. The van der Waals surface area contributed by atoms with E-state index in [-0.39, 0.29) is 0 Å². The van der Waals surface area contributed by atoms with Crippen LogP contribution >= 0.6 is 11.3 Å². The summed E-state index contributed by atoms with van der Waals surface area (Å²) in [6.45, 7) is 5.61. The Kier molecular flexibility index (Phi) is 5.23. The van der Waals surface area contributed by atoms with Crippen molar-refractivity contribution >= 4 is 21.4 Å². The van der Waals surface area contributed by atoms with Crippen LogP contribution in [0.1, 0.15) is 43.0 Å². The van der Waals surface area contributed by atoms with Crippen LogP contribution in [0.15, 0.2) is 10.3 Å². The smallest absolute Gasteiger partial charge is 0.244 e. The summed E-state index contributed by atoms with van der Waals surface area (Å²) in [5.74, 6) is 0.660. The molecule has 20 heavy (non-hydrogen) atoms. The van der Waals surface area contributed by atoms with E-state index < -0.39 is 10.0 Å². The molecule has 1 aliphatic rings. The van der Waals surface area contributed by atoms with Crippen molar-refractivity contribution < 1.29 is 8.42 Å². The second kappa shape index (κ2) is 6.56. The van der Waals surface area contributed by atoms with Gasteiger partial charge in [0.1, 0.15) is 4.90 Å². The summed E-state index contributed by atoms with van der Waals surface area (Å²) in [6, 6.07) is 0. The molecule has 0 saturated carbocycles. The lowest BCUT2D eigenvalue weighted by molar-refractivity contribution is 0.407.